The van der Waals surface area contributed by atoms with E-state index in [1.807, 2.05) is 90.4 Å². The molecule has 3 aromatic carbocycles. The Hall–Kier alpha value is -4.08. The second kappa shape index (κ2) is 18.3. The molecule has 1 atom stereocenters. The van der Waals surface area contributed by atoms with Crippen LogP contribution in [0, 0.1) is 10.1 Å². The molecule has 252 valence electrons. The summed E-state index contributed by atoms with van der Waals surface area (Å²) in [6.07, 6.45) is 2.39. The third-order valence-electron chi connectivity index (χ3n) is 6.56. The van der Waals surface area contributed by atoms with E-state index in [9.17, 15) is 32.2 Å². The van der Waals surface area contributed by atoms with Gasteiger partial charge in [-0.2, -0.15) is 0 Å². The summed E-state index contributed by atoms with van der Waals surface area (Å²) in [5.74, 6) is -0.327. The third-order valence-corrected chi connectivity index (χ3v) is 8.96. The van der Waals surface area contributed by atoms with Crippen LogP contribution in [-0.2, 0) is 52.1 Å². The molecular weight excluding hydrogens is 690 g/mol. The van der Waals surface area contributed by atoms with Crippen molar-refractivity contribution in [2.75, 3.05) is 21.2 Å². The molecule has 0 N–H and O–H groups in total. The number of rotatable bonds is 15. The fraction of sp³-hybridized carbons (Fsp3) is 0.290. The van der Waals surface area contributed by atoms with Crippen LogP contribution in [0.1, 0.15) is 16.8 Å². The quantitative estimate of drug-likeness (QED) is 0.0461. The standard InChI is InChI=1S/C31H35N4O6Se.BF4/c1-32(2)29(30(36)39-3)18-27-19-33(22-40-20-24-10-6-4-7-11-24)31(42-28-16-14-26(15-17-28)35(37)38)34(27)23-41-21-25-12-8-5-9-13-25;2-1(3,4)5/h4-17,19,29H,18,20-23H2,1-3H3;/q+1;-1. The van der Waals surface area contributed by atoms with Crippen LogP contribution < -0.4 is 13.8 Å². The van der Waals surface area contributed by atoms with Crippen molar-refractivity contribution >= 4 is 43.1 Å². The fourth-order valence-electron chi connectivity index (χ4n) is 4.31. The minimum absolute atomic E-state index is 0.0442. The number of likely N-dealkylation sites (N-methyl/N-ethyl adjacent to an activating group) is 1. The van der Waals surface area contributed by atoms with Crippen LogP contribution in [0.25, 0.3) is 0 Å². The van der Waals surface area contributed by atoms with Crippen LogP contribution in [-0.4, -0.2) is 69.8 Å². The zero-order valence-corrected chi connectivity index (χ0v) is 27.7. The van der Waals surface area contributed by atoms with E-state index in [0.717, 1.165) is 26.0 Å². The molecule has 0 aliphatic rings. The maximum absolute atomic E-state index is 12.7. The smallest absolute Gasteiger partial charge is 0.418 e. The molecule has 1 unspecified atom stereocenters. The van der Waals surface area contributed by atoms with E-state index in [4.69, 9.17) is 14.2 Å². The van der Waals surface area contributed by atoms with Crippen molar-refractivity contribution in [2.45, 2.75) is 39.1 Å². The number of hydrogen-bond donors (Lipinski definition) is 0. The minimum atomic E-state index is -6.00. The van der Waals surface area contributed by atoms with Gasteiger partial charge in [-0.3, -0.25) is 0 Å². The summed E-state index contributed by atoms with van der Waals surface area (Å²) in [5, 5.41) is 11.2. The second-order valence-corrected chi connectivity index (χ2v) is 12.5. The molecule has 0 bridgehead atoms. The zero-order chi connectivity index (χ0) is 34.4. The Morgan fingerprint density at radius 3 is 1.96 bits per heavy atom. The minimum Gasteiger partial charge on any atom is -0.418 e. The SMILES string of the molecule is COC(=O)C(Cc1cn(COCc2ccccc2)c([Se]c2ccc([N+](=O)[O-])cc2)[n+]1COCc1ccccc1)N(C)C.F[B-](F)(F)F. The number of nitrogens with zero attached hydrogens (tertiary/aromatic N) is 4. The van der Waals surface area contributed by atoms with E-state index in [0.29, 0.717) is 19.6 Å². The van der Waals surface area contributed by atoms with Gasteiger partial charge in [0.05, 0.1) is 0 Å². The largest absolute Gasteiger partial charge is 0.673 e. The third kappa shape index (κ3) is 12.9. The Bertz CT molecular complexity index is 1560. The number of aromatic nitrogens is 2. The van der Waals surface area contributed by atoms with Gasteiger partial charge in [0.2, 0.25) is 0 Å². The number of esters is 1. The summed E-state index contributed by atoms with van der Waals surface area (Å²) in [5.41, 5.74) is 3.04. The molecular formula is C31H35BF4N4O6Se. The number of ether oxygens (including phenoxy) is 3. The maximum atomic E-state index is 12.7. The van der Waals surface area contributed by atoms with Crippen LogP contribution in [0.15, 0.2) is 91.1 Å². The molecule has 10 nitrogen and oxygen atoms in total. The van der Waals surface area contributed by atoms with Gasteiger partial charge in [0.1, 0.15) is 0 Å². The fourth-order valence-corrected chi connectivity index (χ4v) is 6.38. The van der Waals surface area contributed by atoms with E-state index in [1.54, 1.807) is 12.1 Å². The average Bonchev–Trinajstić information content (AvgIpc) is 3.35. The molecule has 0 amide bonds. The second-order valence-electron chi connectivity index (χ2n) is 10.3. The number of imidazole rings is 1. The molecule has 0 saturated carbocycles. The number of benzene rings is 3. The molecule has 47 heavy (non-hydrogen) atoms. The molecule has 0 spiro atoms. The Kier molecular flexibility index (Phi) is 14.6. The molecule has 1 aromatic heterocycles. The summed E-state index contributed by atoms with van der Waals surface area (Å²) in [6.45, 7) is 1.39. The molecule has 0 saturated heterocycles. The van der Waals surface area contributed by atoms with Gasteiger partial charge in [0.25, 0.3) is 0 Å². The first-order valence-electron chi connectivity index (χ1n) is 14.2. The molecule has 0 aliphatic heterocycles. The molecule has 0 fully saturated rings. The molecule has 16 heteroatoms. The Balaban J connectivity index is 0.00000111. The van der Waals surface area contributed by atoms with Crippen LogP contribution in [0.4, 0.5) is 23.0 Å². The van der Waals surface area contributed by atoms with Gasteiger partial charge in [0, 0.05) is 0 Å². The summed E-state index contributed by atoms with van der Waals surface area (Å²) in [6, 6.07) is 26.0. The van der Waals surface area contributed by atoms with Crippen LogP contribution in [0.3, 0.4) is 0 Å². The van der Waals surface area contributed by atoms with Crippen molar-refractivity contribution in [2.24, 2.45) is 0 Å². The predicted octanol–water partition coefficient (Wildman–Crippen LogP) is 3.63. The van der Waals surface area contributed by atoms with Gasteiger partial charge in [-0.15, -0.1) is 0 Å². The number of non-ortho nitro benzene ring substituents is 1. The van der Waals surface area contributed by atoms with Crippen molar-refractivity contribution in [3.8, 4) is 0 Å². The van der Waals surface area contributed by atoms with Gasteiger partial charge in [-0.1, -0.05) is 0 Å². The van der Waals surface area contributed by atoms with E-state index >= 15 is 0 Å². The van der Waals surface area contributed by atoms with Crippen molar-refractivity contribution in [3.63, 3.8) is 0 Å². The van der Waals surface area contributed by atoms with Gasteiger partial charge in [-0.05, 0) is 0 Å². The number of nitro groups is 1. The first-order chi connectivity index (χ1) is 22.4. The number of hydrogen-bond acceptors (Lipinski definition) is 7. The van der Waals surface area contributed by atoms with Crippen LogP contribution in [0.5, 0.6) is 0 Å². The van der Waals surface area contributed by atoms with E-state index in [1.165, 1.54) is 19.2 Å². The van der Waals surface area contributed by atoms with Crippen LogP contribution in [0.2, 0.25) is 0 Å². The Morgan fingerprint density at radius 1 is 0.936 bits per heavy atom. The number of carbonyl (C=O) groups is 1. The predicted molar refractivity (Wildman–Crippen MR) is 169 cm³/mol. The maximum Gasteiger partial charge on any atom is 0.673 e. The molecule has 1 heterocycles. The zero-order valence-electron chi connectivity index (χ0n) is 26.0. The van der Waals surface area contributed by atoms with Gasteiger partial charge in [-0.25, -0.2) is 0 Å². The number of methoxy groups -OCH3 is 1. The van der Waals surface area contributed by atoms with Gasteiger partial charge < -0.3 is 17.3 Å². The number of carbonyl (C=O) groups excluding carboxylic acids is 1. The van der Waals surface area contributed by atoms with E-state index in [-0.39, 0.29) is 40.1 Å². The van der Waals surface area contributed by atoms with E-state index in [2.05, 4.69) is 4.57 Å². The monoisotopic (exact) mass is 726 g/mol. The first-order valence-corrected chi connectivity index (χ1v) is 16.0. The van der Waals surface area contributed by atoms with Crippen LogP contribution >= 0.6 is 0 Å². The van der Waals surface area contributed by atoms with E-state index < -0.39 is 18.2 Å². The summed E-state index contributed by atoms with van der Waals surface area (Å²) in [7, 11) is -0.916. The topological polar surface area (TPSA) is 99.9 Å². The molecule has 4 rings (SSSR count). The molecule has 0 aliphatic carbocycles. The summed E-state index contributed by atoms with van der Waals surface area (Å²) >= 11 is -0.265. The van der Waals surface area contributed by atoms with Crippen molar-refractivity contribution in [1.82, 2.24) is 9.47 Å². The Morgan fingerprint density at radius 2 is 1.47 bits per heavy atom. The van der Waals surface area contributed by atoms with Crippen molar-refractivity contribution in [3.05, 3.63) is 118 Å². The summed E-state index contributed by atoms with van der Waals surface area (Å²) in [4.78, 5) is 25.3. The Labute approximate surface area is 276 Å². The number of nitro benzene ring substituents is 1. The van der Waals surface area contributed by atoms with Gasteiger partial charge >= 0.3 is 259 Å². The van der Waals surface area contributed by atoms with Crippen molar-refractivity contribution in [1.29, 1.82) is 0 Å². The van der Waals surface area contributed by atoms with Gasteiger partial charge in [0.15, 0.2) is 0 Å². The first kappa shape index (κ1) is 37.4. The average molecular weight is 725 g/mol. The number of halogens is 4. The summed E-state index contributed by atoms with van der Waals surface area (Å²) < 4.78 is 62.4. The normalized spacial score (nSPS) is 11.9. The van der Waals surface area contributed by atoms with Crippen molar-refractivity contribution < 1.29 is 45.8 Å². The molecule has 0 radical (unpaired) electrons. The molecule has 4 aromatic rings.